The van der Waals surface area contributed by atoms with Crippen LogP contribution < -0.4 is 5.32 Å². The molecule has 3 amide bonds. The Labute approximate surface area is 185 Å². The molecule has 5 nitrogen and oxygen atoms in total. The molecule has 1 heterocycles. The average molecular weight is 447 g/mol. The van der Waals surface area contributed by atoms with Crippen LogP contribution in [-0.4, -0.2) is 29.2 Å². The Hall–Kier alpha value is -1.85. The van der Waals surface area contributed by atoms with Gasteiger partial charge in [0.25, 0.3) is 0 Å². The molecule has 1 aromatic carbocycles. The lowest BCUT2D eigenvalue weighted by Gasteiger charge is -2.37. The van der Waals surface area contributed by atoms with Gasteiger partial charge in [0.2, 0.25) is 17.7 Å². The Morgan fingerprint density at radius 1 is 1.00 bits per heavy atom. The van der Waals surface area contributed by atoms with E-state index in [1.807, 2.05) is 0 Å². The molecule has 3 fully saturated rings. The van der Waals surface area contributed by atoms with E-state index in [1.165, 1.54) is 11.3 Å². The minimum absolute atomic E-state index is 0.0322. The fourth-order valence-corrected chi connectivity index (χ4v) is 6.23. The summed E-state index contributed by atoms with van der Waals surface area (Å²) in [5.74, 6) is 1.52. The van der Waals surface area contributed by atoms with Crippen LogP contribution in [0.15, 0.2) is 30.4 Å². The number of rotatable bonds is 7. The van der Waals surface area contributed by atoms with Crippen molar-refractivity contribution in [3.8, 4) is 0 Å². The average Bonchev–Trinajstić information content (AvgIpc) is 3.50. The number of allylic oxidation sites excluding steroid dienone is 2. The lowest BCUT2D eigenvalue weighted by atomic mass is 9.63. The second-order valence-corrected chi connectivity index (χ2v) is 9.81. The summed E-state index contributed by atoms with van der Waals surface area (Å²) < 4.78 is 0. The molecule has 158 valence electrons. The zero-order chi connectivity index (χ0) is 21.0. The Kier molecular flexibility index (Phi) is 5.14. The Morgan fingerprint density at radius 2 is 1.67 bits per heavy atom. The number of nitrogens with zero attached hydrogens (tertiary/aromatic N) is 1. The van der Waals surface area contributed by atoms with Gasteiger partial charge >= 0.3 is 0 Å². The van der Waals surface area contributed by atoms with Crippen molar-refractivity contribution in [2.24, 2.45) is 35.5 Å². The predicted molar refractivity (Wildman–Crippen MR) is 115 cm³/mol. The number of halogens is 2. The number of hydrogen-bond donors (Lipinski definition) is 1. The first-order valence-electron chi connectivity index (χ1n) is 10.7. The number of carbonyl (C=O) groups is 3. The first-order chi connectivity index (χ1) is 14.5. The van der Waals surface area contributed by atoms with Gasteiger partial charge in [-0.1, -0.05) is 41.8 Å². The van der Waals surface area contributed by atoms with Gasteiger partial charge in [0.05, 0.1) is 22.5 Å². The van der Waals surface area contributed by atoms with E-state index in [9.17, 15) is 14.4 Å². The summed E-state index contributed by atoms with van der Waals surface area (Å²) >= 11 is 11.9. The SMILES string of the molecule is O=C(CCCCCN1C(=O)C2C3C=CC(C4CC34)C2C1=O)Nc1ccc(Cl)cc1Cl. The van der Waals surface area contributed by atoms with Crippen LogP contribution in [0.2, 0.25) is 10.0 Å². The van der Waals surface area contributed by atoms with Gasteiger partial charge in [-0.2, -0.15) is 0 Å². The van der Waals surface area contributed by atoms with E-state index in [2.05, 4.69) is 17.5 Å². The number of hydrogen-bond acceptors (Lipinski definition) is 3. The molecule has 7 heteroatoms. The number of unbranched alkanes of at least 4 members (excludes halogenated alkanes) is 2. The van der Waals surface area contributed by atoms with Gasteiger partial charge in [-0.05, 0) is 61.1 Å². The largest absolute Gasteiger partial charge is 0.325 e. The third kappa shape index (κ3) is 3.36. The summed E-state index contributed by atoms with van der Waals surface area (Å²) in [7, 11) is 0. The number of nitrogens with one attached hydrogen (secondary N) is 1. The maximum Gasteiger partial charge on any atom is 0.233 e. The molecule has 30 heavy (non-hydrogen) atoms. The quantitative estimate of drug-likeness (QED) is 0.379. The molecule has 1 aliphatic heterocycles. The fourth-order valence-electron chi connectivity index (χ4n) is 5.77. The zero-order valence-corrected chi connectivity index (χ0v) is 18.0. The van der Waals surface area contributed by atoms with Crippen LogP contribution in [0, 0.1) is 35.5 Å². The molecule has 0 aromatic heterocycles. The summed E-state index contributed by atoms with van der Waals surface area (Å²) in [5.41, 5.74) is 0.545. The second-order valence-electron chi connectivity index (χ2n) is 8.97. The maximum absolute atomic E-state index is 12.9. The highest BCUT2D eigenvalue weighted by Crippen LogP contribution is 2.65. The number of carbonyl (C=O) groups excluding carboxylic acids is 3. The van der Waals surface area contributed by atoms with E-state index in [0.717, 1.165) is 12.8 Å². The van der Waals surface area contributed by atoms with Crippen molar-refractivity contribution < 1.29 is 14.4 Å². The van der Waals surface area contributed by atoms with Crippen molar-refractivity contribution in [1.29, 1.82) is 0 Å². The molecular weight excluding hydrogens is 423 g/mol. The van der Waals surface area contributed by atoms with Crippen LogP contribution in [0.5, 0.6) is 0 Å². The maximum atomic E-state index is 12.9. The van der Waals surface area contributed by atoms with Gasteiger partial charge in [-0.15, -0.1) is 0 Å². The van der Waals surface area contributed by atoms with Gasteiger partial charge in [0.15, 0.2) is 0 Å². The van der Waals surface area contributed by atoms with Crippen molar-refractivity contribution in [3.05, 3.63) is 40.4 Å². The van der Waals surface area contributed by atoms with Crippen LogP contribution in [0.25, 0.3) is 0 Å². The van der Waals surface area contributed by atoms with E-state index < -0.39 is 0 Å². The van der Waals surface area contributed by atoms with E-state index in [-0.39, 0.29) is 41.4 Å². The van der Waals surface area contributed by atoms with Gasteiger partial charge in [-0.25, -0.2) is 0 Å². The number of benzene rings is 1. The van der Waals surface area contributed by atoms with Crippen molar-refractivity contribution in [3.63, 3.8) is 0 Å². The van der Waals surface area contributed by atoms with Crippen molar-refractivity contribution in [2.45, 2.75) is 32.1 Å². The number of anilines is 1. The van der Waals surface area contributed by atoms with E-state index >= 15 is 0 Å². The molecule has 0 spiro atoms. The van der Waals surface area contributed by atoms with Crippen LogP contribution in [-0.2, 0) is 14.4 Å². The minimum atomic E-state index is -0.119. The first kappa shape index (κ1) is 20.1. The number of amides is 3. The lowest BCUT2D eigenvalue weighted by Crippen LogP contribution is -2.40. The molecule has 1 aromatic rings. The molecule has 2 bridgehead atoms. The summed E-state index contributed by atoms with van der Waals surface area (Å²) in [6.45, 7) is 0.462. The first-order valence-corrected chi connectivity index (χ1v) is 11.5. The van der Waals surface area contributed by atoms with E-state index in [4.69, 9.17) is 23.2 Å². The zero-order valence-electron chi connectivity index (χ0n) is 16.5. The molecule has 0 radical (unpaired) electrons. The summed E-state index contributed by atoms with van der Waals surface area (Å²) in [6.07, 6.45) is 8.13. The van der Waals surface area contributed by atoms with Crippen LogP contribution in [0.3, 0.4) is 0 Å². The number of imide groups is 1. The van der Waals surface area contributed by atoms with E-state index in [0.29, 0.717) is 47.0 Å². The molecule has 1 saturated heterocycles. The highest BCUT2D eigenvalue weighted by molar-refractivity contribution is 6.36. The molecule has 1 N–H and O–H groups in total. The summed E-state index contributed by atoms with van der Waals surface area (Å²) in [4.78, 5) is 39.5. The number of likely N-dealkylation sites (tertiary alicyclic amines) is 1. The molecule has 6 atom stereocenters. The molecular formula is C23H24Cl2N2O3. The van der Waals surface area contributed by atoms with Crippen LogP contribution >= 0.6 is 23.2 Å². The van der Waals surface area contributed by atoms with Gasteiger partial charge in [-0.3, -0.25) is 19.3 Å². The topological polar surface area (TPSA) is 66.5 Å². The molecule has 6 unspecified atom stereocenters. The van der Waals surface area contributed by atoms with Crippen LogP contribution in [0.4, 0.5) is 5.69 Å². The minimum Gasteiger partial charge on any atom is -0.325 e. The van der Waals surface area contributed by atoms with E-state index in [1.54, 1.807) is 18.2 Å². The lowest BCUT2D eigenvalue weighted by molar-refractivity contribution is -0.140. The van der Waals surface area contributed by atoms with Crippen molar-refractivity contribution >= 4 is 46.6 Å². The van der Waals surface area contributed by atoms with Gasteiger partial charge in [0.1, 0.15) is 0 Å². The monoisotopic (exact) mass is 446 g/mol. The summed E-state index contributed by atoms with van der Waals surface area (Å²) in [6, 6.07) is 4.94. The smallest absolute Gasteiger partial charge is 0.233 e. The van der Waals surface area contributed by atoms with Gasteiger partial charge < -0.3 is 5.32 Å². The Morgan fingerprint density at radius 3 is 2.30 bits per heavy atom. The Bertz CT molecular complexity index is 910. The van der Waals surface area contributed by atoms with Crippen molar-refractivity contribution in [2.75, 3.05) is 11.9 Å². The molecule has 6 rings (SSSR count). The fraction of sp³-hybridized carbons (Fsp3) is 0.522. The Balaban J connectivity index is 1.08. The third-order valence-corrected chi connectivity index (χ3v) is 7.79. The third-order valence-electron chi connectivity index (χ3n) is 7.24. The van der Waals surface area contributed by atoms with Crippen LogP contribution in [0.1, 0.15) is 32.1 Å². The van der Waals surface area contributed by atoms with Gasteiger partial charge in [0, 0.05) is 18.0 Å². The molecule has 5 aliphatic rings. The second kappa shape index (κ2) is 7.69. The normalized spacial score (nSPS) is 32.9. The summed E-state index contributed by atoms with van der Waals surface area (Å²) in [5, 5.41) is 3.71. The standard InChI is InChI=1S/C23H24Cl2N2O3/c24-12-5-8-18(17(25)10-12)26-19(28)4-2-1-3-9-27-22(29)20-13-6-7-14(16-11-15(13)16)21(20)23(27)30/h5-8,10,13-16,20-21H,1-4,9,11H2,(H,26,28). The highest BCUT2D eigenvalue weighted by Gasteiger charge is 2.66. The molecule has 2 saturated carbocycles. The van der Waals surface area contributed by atoms with Crippen molar-refractivity contribution in [1.82, 2.24) is 4.90 Å². The predicted octanol–water partition coefficient (Wildman–Crippen LogP) is 4.55. The molecule has 4 aliphatic carbocycles. The highest BCUT2D eigenvalue weighted by atomic mass is 35.5.